The van der Waals surface area contributed by atoms with E-state index in [0.29, 0.717) is 5.15 Å². The molecule has 2 heterocycles. The van der Waals surface area contributed by atoms with E-state index in [1.54, 1.807) is 0 Å². The molecule has 0 aliphatic rings. The number of hydrogen-bond acceptors (Lipinski definition) is 3. The number of thiophene rings is 1. The van der Waals surface area contributed by atoms with Gasteiger partial charge in [-0.15, -0.1) is 11.3 Å². The summed E-state index contributed by atoms with van der Waals surface area (Å²) in [6, 6.07) is 8.14. The van der Waals surface area contributed by atoms with Gasteiger partial charge in [0, 0.05) is 16.3 Å². The molecule has 2 aromatic rings. The molecule has 0 radical (unpaired) electrons. The summed E-state index contributed by atoms with van der Waals surface area (Å²) in [6.07, 6.45) is 1.10. The maximum absolute atomic E-state index is 5.82. The highest BCUT2D eigenvalue weighted by molar-refractivity contribution is 7.12. The van der Waals surface area contributed by atoms with Gasteiger partial charge in [-0.05, 0) is 37.6 Å². The fourth-order valence-corrected chi connectivity index (χ4v) is 2.69. The van der Waals surface area contributed by atoms with E-state index < -0.39 is 0 Å². The van der Waals surface area contributed by atoms with Crippen molar-refractivity contribution >= 4 is 28.6 Å². The zero-order chi connectivity index (χ0) is 12.3. The second kappa shape index (κ2) is 5.52. The molecule has 0 fully saturated rings. The lowest BCUT2D eigenvalue weighted by molar-refractivity contribution is 1.13. The smallest absolute Gasteiger partial charge is 0.129 e. The number of pyridine rings is 1. The van der Waals surface area contributed by atoms with Crippen molar-refractivity contribution < 1.29 is 0 Å². The van der Waals surface area contributed by atoms with Crippen molar-refractivity contribution in [2.75, 3.05) is 5.32 Å². The first-order valence-corrected chi connectivity index (χ1v) is 6.83. The van der Waals surface area contributed by atoms with Crippen molar-refractivity contribution in [2.24, 2.45) is 0 Å². The van der Waals surface area contributed by atoms with E-state index in [1.807, 2.05) is 30.4 Å². The summed E-state index contributed by atoms with van der Waals surface area (Å²) < 4.78 is 0. The first kappa shape index (κ1) is 12.4. The molecule has 0 aliphatic heterocycles. The minimum atomic E-state index is 0.539. The topological polar surface area (TPSA) is 24.9 Å². The third kappa shape index (κ3) is 3.20. The summed E-state index contributed by atoms with van der Waals surface area (Å²) in [5.74, 6) is 0. The highest BCUT2D eigenvalue weighted by Gasteiger charge is 2.02. The lowest BCUT2D eigenvalue weighted by atomic mass is 10.3. The Labute approximate surface area is 111 Å². The normalized spacial score (nSPS) is 10.5. The van der Waals surface area contributed by atoms with Crippen molar-refractivity contribution in [2.45, 2.75) is 26.8 Å². The molecule has 2 nitrogen and oxygen atoms in total. The van der Waals surface area contributed by atoms with E-state index in [9.17, 15) is 0 Å². The van der Waals surface area contributed by atoms with Gasteiger partial charge < -0.3 is 5.32 Å². The lowest BCUT2D eigenvalue weighted by Gasteiger charge is -2.07. The fourth-order valence-electron chi connectivity index (χ4n) is 1.61. The van der Waals surface area contributed by atoms with Gasteiger partial charge in [0.15, 0.2) is 0 Å². The summed E-state index contributed by atoms with van der Waals surface area (Å²) in [5.41, 5.74) is 1.98. The maximum atomic E-state index is 5.82. The highest BCUT2D eigenvalue weighted by atomic mass is 35.5. The summed E-state index contributed by atoms with van der Waals surface area (Å²) in [5, 5.41) is 3.92. The Kier molecular flexibility index (Phi) is 4.02. The molecular weight excluding hydrogens is 252 g/mol. The molecule has 0 atom stereocenters. The van der Waals surface area contributed by atoms with Crippen molar-refractivity contribution in [3.63, 3.8) is 0 Å². The molecule has 2 aromatic heterocycles. The Hall–Kier alpha value is -1.06. The van der Waals surface area contributed by atoms with Crippen LogP contribution in [-0.4, -0.2) is 4.98 Å². The van der Waals surface area contributed by atoms with Crippen molar-refractivity contribution in [3.05, 3.63) is 44.9 Å². The van der Waals surface area contributed by atoms with Gasteiger partial charge in [-0.2, -0.15) is 0 Å². The zero-order valence-electron chi connectivity index (χ0n) is 9.96. The fraction of sp³-hybridized carbons (Fsp3) is 0.308. The minimum Gasteiger partial charge on any atom is -0.379 e. The number of hydrogen-bond donors (Lipinski definition) is 1. The Balaban J connectivity index is 2.02. The molecule has 17 heavy (non-hydrogen) atoms. The predicted octanol–water partition coefficient (Wildman–Crippen LogP) is 4.28. The van der Waals surface area contributed by atoms with Crippen LogP contribution in [0.1, 0.15) is 22.4 Å². The molecule has 0 saturated heterocycles. The van der Waals surface area contributed by atoms with E-state index in [-0.39, 0.29) is 0 Å². The van der Waals surface area contributed by atoms with Gasteiger partial charge in [0.2, 0.25) is 0 Å². The molecule has 0 spiro atoms. The van der Waals surface area contributed by atoms with Crippen LogP contribution >= 0.6 is 22.9 Å². The van der Waals surface area contributed by atoms with Crippen LogP contribution in [0.25, 0.3) is 0 Å². The number of aromatic nitrogens is 1. The SMILES string of the molecule is CCc1ccc(CNc2ccc(Cl)nc2C)s1. The van der Waals surface area contributed by atoms with Crippen LogP contribution in [0.4, 0.5) is 5.69 Å². The van der Waals surface area contributed by atoms with Crippen LogP contribution < -0.4 is 5.32 Å². The minimum absolute atomic E-state index is 0.539. The van der Waals surface area contributed by atoms with Gasteiger partial charge >= 0.3 is 0 Å². The van der Waals surface area contributed by atoms with E-state index in [0.717, 1.165) is 24.3 Å². The molecular formula is C13H15ClN2S. The van der Waals surface area contributed by atoms with E-state index in [1.165, 1.54) is 9.75 Å². The predicted molar refractivity (Wildman–Crippen MR) is 75.0 cm³/mol. The number of aryl methyl sites for hydroxylation is 2. The summed E-state index contributed by atoms with van der Waals surface area (Å²) in [7, 11) is 0. The van der Waals surface area contributed by atoms with Gasteiger partial charge in [-0.3, -0.25) is 0 Å². The van der Waals surface area contributed by atoms with Gasteiger partial charge in [-0.25, -0.2) is 4.98 Å². The van der Waals surface area contributed by atoms with Crippen LogP contribution in [0.3, 0.4) is 0 Å². The maximum Gasteiger partial charge on any atom is 0.129 e. The number of anilines is 1. The average molecular weight is 267 g/mol. The van der Waals surface area contributed by atoms with Crippen LogP contribution in [0.5, 0.6) is 0 Å². The largest absolute Gasteiger partial charge is 0.379 e. The van der Waals surface area contributed by atoms with E-state index in [2.05, 4.69) is 29.4 Å². The number of nitrogens with one attached hydrogen (secondary N) is 1. The van der Waals surface area contributed by atoms with Crippen LogP contribution in [0.2, 0.25) is 5.15 Å². The monoisotopic (exact) mass is 266 g/mol. The third-order valence-corrected chi connectivity index (χ3v) is 4.01. The molecule has 90 valence electrons. The number of nitrogens with zero attached hydrogens (tertiary/aromatic N) is 1. The molecule has 0 amide bonds. The lowest BCUT2D eigenvalue weighted by Crippen LogP contribution is -2.00. The Morgan fingerprint density at radius 1 is 1.24 bits per heavy atom. The summed E-state index contributed by atoms with van der Waals surface area (Å²) in [4.78, 5) is 6.98. The molecule has 0 aromatic carbocycles. The second-order valence-electron chi connectivity index (χ2n) is 3.84. The average Bonchev–Trinajstić information content (AvgIpc) is 2.76. The Morgan fingerprint density at radius 3 is 2.65 bits per heavy atom. The molecule has 0 unspecified atom stereocenters. The molecule has 0 bridgehead atoms. The van der Waals surface area contributed by atoms with Crippen LogP contribution in [0, 0.1) is 6.92 Å². The second-order valence-corrected chi connectivity index (χ2v) is 5.48. The molecule has 1 N–H and O–H groups in total. The Morgan fingerprint density at radius 2 is 2.00 bits per heavy atom. The molecule has 0 saturated carbocycles. The first-order chi connectivity index (χ1) is 8.19. The third-order valence-electron chi connectivity index (χ3n) is 2.57. The van der Waals surface area contributed by atoms with Gasteiger partial charge in [-0.1, -0.05) is 18.5 Å². The first-order valence-electron chi connectivity index (χ1n) is 5.63. The van der Waals surface area contributed by atoms with Crippen molar-refractivity contribution in [3.8, 4) is 0 Å². The van der Waals surface area contributed by atoms with Crippen LogP contribution in [-0.2, 0) is 13.0 Å². The summed E-state index contributed by atoms with van der Waals surface area (Å²) in [6.45, 7) is 4.98. The van der Waals surface area contributed by atoms with Crippen molar-refractivity contribution in [1.82, 2.24) is 4.98 Å². The zero-order valence-corrected chi connectivity index (χ0v) is 11.5. The highest BCUT2D eigenvalue weighted by Crippen LogP contribution is 2.20. The Bertz CT molecular complexity index is 508. The van der Waals surface area contributed by atoms with Gasteiger partial charge in [0.1, 0.15) is 5.15 Å². The molecule has 0 aliphatic carbocycles. The van der Waals surface area contributed by atoms with Gasteiger partial charge in [0.05, 0.1) is 11.4 Å². The van der Waals surface area contributed by atoms with Gasteiger partial charge in [0.25, 0.3) is 0 Å². The van der Waals surface area contributed by atoms with E-state index >= 15 is 0 Å². The number of halogens is 1. The molecule has 4 heteroatoms. The van der Waals surface area contributed by atoms with E-state index in [4.69, 9.17) is 11.6 Å². The van der Waals surface area contributed by atoms with Crippen LogP contribution in [0.15, 0.2) is 24.3 Å². The summed E-state index contributed by atoms with van der Waals surface area (Å²) >= 11 is 7.67. The molecule has 2 rings (SSSR count). The standard InChI is InChI=1S/C13H15ClN2S/c1-3-10-4-5-11(17-10)8-15-12-6-7-13(14)16-9(12)2/h4-7,15H,3,8H2,1-2H3. The van der Waals surface area contributed by atoms with Crippen molar-refractivity contribution in [1.29, 1.82) is 0 Å². The number of rotatable bonds is 4. The quantitative estimate of drug-likeness (QED) is 0.836.